The number of ether oxygens (including phenoxy) is 1. The van der Waals surface area contributed by atoms with E-state index in [1.165, 1.54) is 7.11 Å². The van der Waals surface area contributed by atoms with Gasteiger partial charge in [-0.15, -0.1) is 0 Å². The van der Waals surface area contributed by atoms with Crippen LogP contribution < -0.4 is 10.1 Å². The Balaban J connectivity index is 3.18. The van der Waals surface area contributed by atoms with Gasteiger partial charge in [0.1, 0.15) is 5.82 Å². The third kappa shape index (κ3) is 1.95. The van der Waals surface area contributed by atoms with Gasteiger partial charge < -0.3 is 10.1 Å². The molecule has 4 heteroatoms. The van der Waals surface area contributed by atoms with Gasteiger partial charge in [0.05, 0.1) is 7.11 Å². The first-order valence-corrected chi connectivity index (χ1v) is 3.86. The molecule has 13 heavy (non-hydrogen) atoms. The van der Waals surface area contributed by atoms with Crippen molar-refractivity contribution in [3.8, 4) is 5.75 Å². The summed E-state index contributed by atoms with van der Waals surface area (Å²) in [6.07, 6.45) is 0. The van der Waals surface area contributed by atoms with Crippen LogP contribution in [0.3, 0.4) is 0 Å². The summed E-state index contributed by atoms with van der Waals surface area (Å²) in [5, 5.41) is 2.74. The largest absolute Gasteiger partial charge is 0.493 e. The first-order valence-electron chi connectivity index (χ1n) is 3.86. The highest BCUT2D eigenvalue weighted by atomic mass is 19.1. The SMILES string of the molecule is CNCc1c(F)ccc(F)c1OC. The van der Waals surface area contributed by atoms with Crippen molar-refractivity contribution >= 4 is 0 Å². The van der Waals surface area contributed by atoms with E-state index >= 15 is 0 Å². The lowest BCUT2D eigenvalue weighted by atomic mass is 10.2. The van der Waals surface area contributed by atoms with Crippen LogP contribution >= 0.6 is 0 Å². The fourth-order valence-corrected chi connectivity index (χ4v) is 1.14. The minimum absolute atomic E-state index is 0.0330. The summed E-state index contributed by atoms with van der Waals surface area (Å²) in [7, 11) is 2.97. The molecule has 2 nitrogen and oxygen atoms in total. The standard InChI is InChI=1S/C9H11F2NO/c1-12-5-6-7(10)3-4-8(11)9(6)13-2/h3-4,12H,5H2,1-2H3. The summed E-state index contributed by atoms with van der Waals surface area (Å²) in [5.74, 6) is -1.05. The van der Waals surface area contributed by atoms with Crippen LogP contribution in [-0.2, 0) is 6.54 Å². The smallest absolute Gasteiger partial charge is 0.165 e. The molecule has 0 aliphatic heterocycles. The van der Waals surface area contributed by atoms with Crippen LogP contribution in [0.1, 0.15) is 5.56 Å². The number of halogens is 2. The molecule has 0 bridgehead atoms. The normalized spacial score (nSPS) is 10.2. The van der Waals surface area contributed by atoms with Crippen molar-refractivity contribution < 1.29 is 13.5 Å². The zero-order chi connectivity index (χ0) is 9.84. The molecule has 0 saturated carbocycles. The van der Waals surface area contributed by atoms with Gasteiger partial charge in [-0.05, 0) is 19.2 Å². The summed E-state index contributed by atoms with van der Waals surface area (Å²) in [6.45, 7) is 0.243. The van der Waals surface area contributed by atoms with E-state index in [0.29, 0.717) is 0 Å². The van der Waals surface area contributed by atoms with E-state index in [2.05, 4.69) is 5.32 Å². The molecule has 0 spiro atoms. The Labute approximate surface area is 75.5 Å². The van der Waals surface area contributed by atoms with E-state index in [9.17, 15) is 8.78 Å². The Kier molecular flexibility index (Phi) is 3.19. The molecule has 0 heterocycles. The van der Waals surface area contributed by atoms with Crippen LogP contribution in [0.4, 0.5) is 8.78 Å². The molecule has 1 aromatic carbocycles. The predicted molar refractivity (Wildman–Crippen MR) is 45.7 cm³/mol. The quantitative estimate of drug-likeness (QED) is 0.777. The molecule has 1 aromatic rings. The Morgan fingerprint density at radius 2 is 1.92 bits per heavy atom. The Hall–Kier alpha value is -1.16. The molecule has 0 aliphatic carbocycles. The second-order valence-corrected chi connectivity index (χ2v) is 2.57. The van der Waals surface area contributed by atoms with Crippen molar-refractivity contribution in [2.45, 2.75) is 6.54 Å². The molecule has 0 fully saturated rings. The van der Waals surface area contributed by atoms with Crippen molar-refractivity contribution in [3.63, 3.8) is 0 Å². The summed E-state index contributed by atoms with van der Waals surface area (Å²) in [6, 6.07) is 2.14. The molecule has 0 radical (unpaired) electrons. The number of hydrogen-bond donors (Lipinski definition) is 1. The highest BCUT2D eigenvalue weighted by Gasteiger charge is 2.12. The topological polar surface area (TPSA) is 21.3 Å². The van der Waals surface area contributed by atoms with E-state index < -0.39 is 11.6 Å². The lowest BCUT2D eigenvalue weighted by Crippen LogP contribution is -2.09. The first kappa shape index (κ1) is 9.92. The number of hydrogen-bond acceptors (Lipinski definition) is 2. The van der Waals surface area contributed by atoms with Crippen LogP contribution in [0.15, 0.2) is 12.1 Å². The van der Waals surface area contributed by atoms with Crippen LogP contribution in [0.2, 0.25) is 0 Å². The third-order valence-electron chi connectivity index (χ3n) is 1.71. The van der Waals surface area contributed by atoms with Crippen LogP contribution in [-0.4, -0.2) is 14.2 Å². The molecule has 0 atom stereocenters. The first-order chi connectivity index (χ1) is 6.20. The van der Waals surface area contributed by atoms with Crippen molar-refractivity contribution in [2.75, 3.05) is 14.2 Å². The third-order valence-corrected chi connectivity index (χ3v) is 1.71. The number of nitrogens with one attached hydrogen (secondary N) is 1. The van der Waals surface area contributed by atoms with Crippen molar-refractivity contribution in [1.29, 1.82) is 0 Å². The Bertz CT molecular complexity index is 302. The van der Waals surface area contributed by atoms with Crippen LogP contribution in [0.25, 0.3) is 0 Å². The lowest BCUT2D eigenvalue weighted by molar-refractivity contribution is 0.374. The van der Waals surface area contributed by atoms with Gasteiger partial charge in [0.2, 0.25) is 0 Å². The minimum atomic E-state index is -0.547. The maximum absolute atomic E-state index is 13.1. The van der Waals surface area contributed by atoms with Gasteiger partial charge in [-0.3, -0.25) is 0 Å². The highest BCUT2D eigenvalue weighted by Crippen LogP contribution is 2.24. The average Bonchev–Trinajstić information content (AvgIpc) is 2.12. The fraction of sp³-hybridized carbons (Fsp3) is 0.333. The van der Waals surface area contributed by atoms with Gasteiger partial charge in [-0.2, -0.15) is 0 Å². The predicted octanol–water partition coefficient (Wildman–Crippen LogP) is 1.69. The zero-order valence-corrected chi connectivity index (χ0v) is 7.53. The van der Waals surface area contributed by atoms with E-state index in [-0.39, 0.29) is 17.9 Å². The Morgan fingerprint density at radius 3 is 2.46 bits per heavy atom. The van der Waals surface area contributed by atoms with Crippen molar-refractivity contribution in [3.05, 3.63) is 29.3 Å². The van der Waals surface area contributed by atoms with Gasteiger partial charge in [-0.25, -0.2) is 8.78 Å². The van der Waals surface area contributed by atoms with E-state index in [1.54, 1.807) is 7.05 Å². The second kappa shape index (κ2) is 4.18. The van der Waals surface area contributed by atoms with Gasteiger partial charge in [0.15, 0.2) is 11.6 Å². The molecule has 0 unspecified atom stereocenters. The number of methoxy groups -OCH3 is 1. The van der Waals surface area contributed by atoms with E-state index in [0.717, 1.165) is 12.1 Å². The van der Waals surface area contributed by atoms with E-state index in [4.69, 9.17) is 4.74 Å². The second-order valence-electron chi connectivity index (χ2n) is 2.57. The fourth-order valence-electron chi connectivity index (χ4n) is 1.14. The van der Waals surface area contributed by atoms with Gasteiger partial charge >= 0.3 is 0 Å². The van der Waals surface area contributed by atoms with Crippen LogP contribution in [0.5, 0.6) is 5.75 Å². The van der Waals surface area contributed by atoms with Crippen LogP contribution in [0, 0.1) is 11.6 Å². The van der Waals surface area contributed by atoms with Gasteiger partial charge in [-0.1, -0.05) is 0 Å². The molecule has 0 aromatic heterocycles. The highest BCUT2D eigenvalue weighted by molar-refractivity contribution is 5.36. The van der Waals surface area contributed by atoms with Gasteiger partial charge in [0.25, 0.3) is 0 Å². The average molecular weight is 187 g/mol. The summed E-state index contributed by atoms with van der Waals surface area (Å²) < 4.78 is 30.9. The lowest BCUT2D eigenvalue weighted by Gasteiger charge is -2.09. The van der Waals surface area contributed by atoms with Crippen molar-refractivity contribution in [2.24, 2.45) is 0 Å². The molecular weight excluding hydrogens is 176 g/mol. The molecule has 0 aliphatic rings. The molecule has 1 N–H and O–H groups in total. The van der Waals surface area contributed by atoms with Crippen molar-refractivity contribution in [1.82, 2.24) is 5.32 Å². The maximum Gasteiger partial charge on any atom is 0.165 e. The van der Waals surface area contributed by atoms with Gasteiger partial charge in [0, 0.05) is 12.1 Å². The summed E-state index contributed by atoms with van der Waals surface area (Å²) >= 11 is 0. The summed E-state index contributed by atoms with van der Waals surface area (Å²) in [4.78, 5) is 0. The summed E-state index contributed by atoms with van der Waals surface area (Å²) in [5.41, 5.74) is 0.213. The molecular formula is C9H11F2NO. The Morgan fingerprint density at radius 1 is 1.31 bits per heavy atom. The molecule has 0 saturated heterocycles. The zero-order valence-electron chi connectivity index (χ0n) is 7.53. The molecule has 72 valence electrons. The molecule has 0 amide bonds. The minimum Gasteiger partial charge on any atom is -0.493 e. The maximum atomic E-state index is 13.1. The van der Waals surface area contributed by atoms with E-state index in [1.807, 2.05) is 0 Å². The monoisotopic (exact) mass is 187 g/mol. The number of benzene rings is 1. The number of rotatable bonds is 3. The molecule has 1 rings (SSSR count).